The summed E-state index contributed by atoms with van der Waals surface area (Å²) < 4.78 is 0. The van der Waals surface area contributed by atoms with E-state index in [1.54, 1.807) is 6.42 Å². The van der Waals surface area contributed by atoms with E-state index >= 15 is 0 Å². The summed E-state index contributed by atoms with van der Waals surface area (Å²) >= 11 is 1.24. The van der Waals surface area contributed by atoms with Crippen molar-refractivity contribution >= 4 is 23.2 Å². The van der Waals surface area contributed by atoms with Gasteiger partial charge in [-0.1, -0.05) is 0 Å². The second-order valence-corrected chi connectivity index (χ2v) is 3.20. The van der Waals surface area contributed by atoms with Gasteiger partial charge >= 0.3 is 0 Å². The second-order valence-electron chi connectivity index (χ2n) is 2.31. The van der Waals surface area contributed by atoms with Gasteiger partial charge in [-0.25, -0.2) is 4.98 Å². The number of aromatic nitrogens is 1. The first-order chi connectivity index (χ1) is 6.09. The SMILES string of the molecule is NC(=O)C[CH]c1nc(C(N)=O)cs1. The van der Waals surface area contributed by atoms with E-state index < -0.39 is 11.8 Å². The van der Waals surface area contributed by atoms with Crippen LogP contribution >= 0.6 is 11.3 Å². The molecule has 0 saturated heterocycles. The van der Waals surface area contributed by atoms with Gasteiger partial charge in [0.25, 0.3) is 5.91 Å². The average molecular weight is 198 g/mol. The van der Waals surface area contributed by atoms with E-state index in [2.05, 4.69) is 4.98 Å². The van der Waals surface area contributed by atoms with Gasteiger partial charge in [-0.15, -0.1) is 11.3 Å². The fraction of sp³-hybridized carbons (Fsp3) is 0.143. The molecule has 0 bridgehead atoms. The van der Waals surface area contributed by atoms with Crippen LogP contribution in [0.4, 0.5) is 0 Å². The van der Waals surface area contributed by atoms with Gasteiger partial charge in [0.15, 0.2) is 0 Å². The molecule has 2 amide bonds. The molecule has 0 aliphatic heterocycles. The van der Waals surface area contributed by atoms with Crippen LogP contribution < -0.4 is 11.5 Å². The molecule has 1 heterocycles. The molecule has 0 spiro atoms. The van der Waals surface area contributed by atoms with E-state index in [9.17, 15) is 9.59 Å². The Morgan fingerprint density at radius 1 is 1.54 bits per heavy atom. The van der Waals surface area contributed by atoms with Crippen LogP contribution in [-0.2, 0) is 4.79 Å². The van der Waals surface area contributed by atoms with Gasteiger partial charge in [0.05, 0.1) is 5.01 Å². The molecule has 13 heavy (non-hydrogen) atoms. The Morgan fingerprint density at radius 2 is 2.23 bits per heavy atom. The third-order valence-corrected chi connectivity index (χ3v) is 2.09. The molecule has 0 fully saturated rings. The zero-order valence-electron chi connectivity index (χ0n) is 6.69. The Hall–Kier alpha value is -1.43. The molecule has 1 radical (unpaired) electrons. The van der Waals surface area contributed by atoms with Crippen LogP contribution in [0.3, 0.4) is 0 Å². The molecule has 0 aromatic carbocycles. The van der Waals surface area contributed by atoms with E-state index in [-0.39, 0.29) is 12.1 Å². The van der Waals surface area contributed by atoms with E-state index in [1.165, 1.54) is 16.7 Å². The molecule has 1 aromatic rings. The molecular formula is C7H8N3O2S. The number of nitrogens with zero attached hydrogens (tertiary/aromatic N) is 1. The van der Waals surface area contributed by atoms with Gasteiger partial charge in [-0.2, -0.15) is 0 Å². The second kappa shape index (κ2) is 3.99. The molecule has 0 aliphatic carbocycles. The Kier molecular flexibility index (Phi) is 2.97. The summed E-state index contributed by atoms with van der Waals surface area (Å²) in [4.78, 5) is 24.9. The zero-order chi connectivity index (χ0) is 9.84. The maximum atomic E-state index is 10.6. The summed E-state index contributed by atoms with van der Waals surface area (Å²) in [5.41, 5.74) is 10.1. The monoisotopic (exact) mass is 198 g/mol. The standard InChI is InChI=1S/C7H8N3O2S/c8-5(11)1-2-6-10-4(3-13-6)7(9)12/h2-3H,1H2,(H2,8,11)(H2,9,12). The van der Waals surface area contributed by atoms with Crippen LogP contribution in [0.25, 0.3) is 0 Å². The van der Waals surface area contributed by atoms with E-state index in [0.717, 1.165) is 0 Å². The minimum Gasteiger partial charge on any atom is -0.370 e. The lowest BCUT2D eigenvalue weighted by Crippen LogP contribution is -2.12. The Balaban J connectivity index is 2.59. The highest BCUT2D eigenvalue weighted by atomic mass is 32.1. The molecule has 1 aromatic heterocycles. The lowest BCUT2D eigenvalue weighted by Gasteiger charge is -1.90. The first-order valence-electron chi connectivity index (χ1n) is 3.46. The van der Waals surface area contributed by atoms with Gasteiger partial charge in [-0.3, -0.25) is 9.59 Å². The molecule has 4 N–H and O–H groups in total. The third kappa shape index (κ3) is 2.83. The van der Waals surface area contributed by atoms with Crippen molar-refractivity contribution in [1.82, 2.24) is 4.98 Å². The largest absolute Gasteiger partial charge is 0.370 e. The van der Waals surface area contributed by atoms with Crippen LogP contribution in [0.5, 0.6) is 0 Å². The predicted molar refractivity (Wildman–Crippen MR) is 47.8 cm³/mol. The number of hydrogen-bond acceptors (Lipinski definition) is 4. The fourth-order valence-electron chi connectivity index (χ4n) is 0.682. The molecular weight excluding hydrogens is 190 g/mol. The predicted octanol–water partition coefficient (Wildman–Crippen LogP) is -0.330. The van der Waals surface area contributed by atoms with Crippen LogP contribution in [-0.4, -0.2) is 16.8 Å². The van der Waals surface area contributed by atoms with E-state index in [1.807, 2.05) is 0 Å². The average Bonchev–Trinajstić information content (AvgIpc) is 2.48. The molecule has 0 saturated carbocycles. The summed E-state index contributed by atoms with van der Waals surface area (Å²) in [5.74, 6) is -1.01. The van der Waals surface area contributed by atoms with Crippen molar-refractivity contribution in [2.75, 3.05) is 0 Å². The third-order valence-electron chi connectivity index (χ3n) is 1.25. The number of hydrogen-bond donors (Lipinski definition) is 2. The number of nitrogens with two attached hydrogens (primary N) is 2. The highest BCUT2D eigenvalue weighted by Crippen LogP contribution is 2.12. The first kappa shape index (κ1) is 9.66. The van der Waals surface area contributed by atoms with Crippen molar-refractivity contribution in [3.05, 3.63) is 22.5 Å². The number of rotatable bonds is 4. The molecule has 5 nitrogen and oxygen atoms in total. The summed E-state index contributed by atoms with van der Waals surface area (Å²) in [6.45, 7) is 0. The van der Waals surface area contributed by atoms with Crippen molar-refractivity contribution in [2.24, 2.45) is 11.5 Å². The highest BCUT2D eigenvalue weighted by Gasteiger charge is 2.07. The fourth-order valence-corrected chi connectivity index (χ4v) is 1.41. The van der Waals surface area contributed by atoms with Gasteiger partial charge in [0.2, 0.25) is 5.91 Å². The Bertz CT molecular complexity index is 334. The summed E-state index contributed by atoms with van der Waals surface area (Å²) in [7, 11) is 0. The van der Waals surface area contributed by atoms with Crippen molar-refractivity contribution < 1.29 is 9.59 Å². The van der Waals surface area contributed by atoms with Crippen molar-refractivity contribution in [3.8, 4) is 0 Å². The van der Waals surface area contributed by atoms with E-state index in [4.69, 9.17) is 11.5 Å². The quantitative estimate of drug-likeness (QED) is 0.692. The summed E-state index contributed by atoms with van der Waals surface area (Å²) in [6.07, 6.45) is 1.67. The first-order valence-corrected chi connectivity index (χ1v) is 4.34. The van der Waals surface area contributed by atoms with Gasteiger partial charge in [-0.05, 0) is 0 Å². The van der Waals surface area contributed by atoms with E-state index in [0.29, 0.717) is 5.01 Å². The van der Waals surface area contributed by atoms with Crippen LogP contribution in [0, 0.1) is 6.42 Å². The minimum atomic E-state index is -0.574. The van der Waals surface area contributed by atoms with Crippen molar-refractivity contribution in [3.63, 3.8) is 0 Å². The van der Waals surface area contributed by atoms with Crippen LogP contribution in [0.2, 0.25) is 0 Å². The normalized spacial score (nSPS) is 9.85. The number of thiazole rings is 1. The molecule has 0 aliphatic rings. The topological polar surface area (TPSA) is 99.1 Å². The van der Waals surface area contributed by atoms with Crippen molar-refractivity contribution in [2.45, 2.75) is 6.42 Å². The van der Waals surface area contributed by atoms with Crippen molar-refractivity contribution in [1.29, 1.82) is 0 Å². The number of carbonyl (C=O) groups is 2. The van der Waals surface area contributed by atoms with Crippen LogP contribution in [0.1, 0.15) is 21.9 Å². The lowest BCUT2D eigenvalue weighted by molar-refractivity contribution is -0.117. The number of amides is 2. The zero-order valence-corrected chi connectivity index (χ0v) is 7.50. The molecule has 69 valence electrons. The molecule has 0 atom stereocenters. The lowest BCUT2D eigenvalue weighted by atomic mass is 10.3. The number of primary amides is 2. The minimum absolute atomic E-state index is 0.117. The smallest absolute Gasteiger partial charge is 0.268 e. The Labute approximate surface area is 78.8 Å². The number of carbonyl (C=O) groups excluding carboxylic acids is 2. The van der Waals surface area contributed by atoms with Gasteiger partial charge in [0.1, 0.15) is 5.69 Å². The molecule has 0 unspecified atom stereocenters. The molecule has 1 rings (SSSR count). The van der Waals surface area contributed by atoms with Gasteiger partial charge in [0, 0.05) is 18.2 Å². The maximum Gasteiger partial charge on any atom is 0.268 e. The van der Waals surface area contributed by atoms with Crippen LogP contribution in [0.15, 0.2) is 5.38 Å². The summed E-state index contributed by atoms with van der Waals surface area (Å²) in [6, 6.07) is 0. The Morgan fingerprint density at radius 3 is 2.69 bits per heavy atom. The molecule has 6 heteroatoms. The van der Waals surface area contributed by atoms with Gasteiger partial charge < -0.3 is 11.5 Å². The maximum absolute atomic E-state index is 10.6. The summed E-state index contributed by atoms with van der Waals surface area (Å²) in [5, 5.41) is 2.11. The highest BCUT2D eigenvalue weighted by molar-refractivity contribution is 7.10.